The maximum atomic E-state index is 14.1. The van der Waals surface area contributed by atoms with Crippen LogP contribution in [0.15, 0.2) is 41.7 Å². The highest BCUT2D eigenvalue weighted by Gasteiger charge is 2.17. The predicted molar refractivity (Wildman–Crippen MR) is 75.2 cm³/mol. The molecule has 1 aromatic carbocycles. The number of halogens is 2. The third-order valence-electron chi connectivity index (χ3n) is 2.93. The monoisotopic (exact) mass is 292 g/mol. The molecule has 0 radical (unpaired) electrons. The smallest absolute Gasteiger partial charge is 0.170 e. The van der Waals surface area contributed by atoms with Gasteiger partial charge in [-0.1, -0.05) is 11.2 Å². The summed E-state index contributed by atoms with van der Waals surface area (Å²) < 4.78 is 28.1. The van der Waals surface area contributed by atoms with Crippen molar-refractivity contribution in [2.45, 2.75) is 6.54 Å². The Bertz CT molecular complexity index is 638. The van der Waals surface area contributed by atoms with Crippen LogP contribution in [0.3, 0.4) is 0 Å². The zero-order chi connectivity index (χ0) is 15.4. The Morgan fingerprint density at radius 3 is 2.52 bits per heavy atom. The summed E-state index contributed by atoms with van der Waals surface area (Å²) in [7, 11) is 1.55. The zero-order valence-corrected chi connectivity index (χ0v) is 11.3. The first-order valence-electron chi connectivity index (χ1n) is 6.11. The summed E-state index contributed by atoms with van der Waals surface area (Å²) in [6, 6.07) is 7.35. The highest BCUT2D eigenvalue weighted by molar-refractivity contribution is 5.97. The molecule has 5 nitrogen and oxygen atoms in total. The van der Waals surface area contributed by atoms with Gasteiger partial charge in [0.05, 0.1) is 12.2 Å². The van der Waals surface area contributed by atoms with Gasteiger partial charge < -0.3 is 15.8 Å². The van der Waals surface area contributed by atoms with Gasteiger partial charge in [-0.05, 0) is 24.3 Å². The molecule has 3 N–H and O–H groups in total. The fourth-order valence-electron chi connectivity index (χ4n) is 1.95. The summed E-state index contributed by atoms with van der Waals surface area (Å²) >= 11 is 0. The van der Waals surface area contributed by atoms with Crippen LogP contribution in [0.2, 0.25) is 0 Å². The topological polar surface area (TPSA) is 74.7 Å². The Morgan fingerprint density at radius 2 is 2.00 bits per heavy atom. The van der Waals surface area contributed by atoms with Gasteiger partial charge in [0.1, 0.15) is 17.3 Å². The first kappa shape index (κ1) is 14.7. The normalized spacial score (nSPS) is 11.5. The van der Waals surface area contributed by atoms with Gasteiger partial charge >= 0.3 is 0 Å². The van der Waals surface area contributed by atoms with E-state index in [0.29, 0.717) is 5.69 Å². The molecule has 0 saturated carbocycles. The summed E-state index contributed by atoms with van der Waals surface area (Å²) in [5.74, 6) is -1.95. The molecule has 0 unspecified atom stereocenters. The third kappa shape index (κ3) is 3.25. The number of oxime groups is 1. The van der Waals surface area contributed by atoms with Crippen LogP contribution >= 0.6 is 0 Å². The summed E-state index contributed by atoms with van der Waals surface area (Å²) in [6.07, 6.45) is 1.61. The number of aromatic nitrogens is 1. The number of amidine groups is 1. The lowest BCUT2D eigenvalue weighted by Gasteiger charge is -2.20. The molecule has 21 heavy (non-hydrogen) atoms. The van der Waals surface area contributed by atoms with Crippen molar-refractivity contribution in [1.29, 1.82) is 0 Å². The van der Waals surface area contributed by atoms with Gasteiger partial charge in [-0.15, -0.1) is 0 Å². The van der Waals surface area contributed by atoms with Gasteiger partial charge in [0.2, 0.25) is 0 Å². The molecule has 110 valence electrons. The molecule has 0 aliphatic carbocycles. The Balaban J connectivity index is 2.31. The Morgan fingerprint density at radius 1 is 1.33 bits per heavy atom. The molecule has 0 spiro atoms. The van der Waals surface area contributed by atoms with Gasteiger partial charge in [-0.25, -0.2) is 8.78 Å². The Hall–Kier alpha value is -2.70. The van der Waals surface area contributed by atoms with Crippen molar-refractivity contribution >= 4 is 11.5 Å². The van der Waals surface area contributed by atoms with Crippen molar-refractivity contribution in [3.63, 3.8) is 0 Å². The molecule has 7 heteroatoms. The number of rotatable bonds is 4. The SMILES string of the molecule is CN(Cc1ccccn1)c1c(F)cc(/C(N)=N/O)cc1F. The maximum absolute atomic E-state index is 14.1. The lowest BCUT2D eigenvalue weighted by atomic mass is 10.1. The minimum absolute atomic E-state index is 0.0255. The second kappa shape index (κ2) is 6.17. The van der Waals surface area contributed by atoms with Gasteiger partial charge in [-0.3, -0.25) is 4.98 Å². The highest BCUT2D eigenvalue weighted by Crippen LogP contribution is 2.25. The lowest BCUT2D eigenvalue weighted by molar-refractivity contribution is 0.318. The Kier molecular flexibility index (Phi) is 4.32. The molecule has 1 heterocycles. The first-order chi connectivity index (χ1) is 10.0. The van der Waals surface area contributed by atoms with Crippen LogP contribution in [0.25, 0.3) is 0 Å². The summed E-state index contributed by atoms with van der Waals surface area (Å²) in [5, 5.41) is 11.3. The quantitative estimate of drug-likeness (QED) is 0.391. The molecule has 1 aromatic heterocycles. The van der Waals surface area contributed by atoms with Crippen molar-refractivity contribution < 1.29 is 14.0 Å². The molecule has 0 aliphatic rings. The highest BCUT2D eigenvalue weighted by atomic mass is 19.1. The molecular formula is C14H14F2N4O. The number of anilines is 1. The van der Waals surface area contributed by atoms with Crippen molar-refractivity contribution in [3.8, 4) is 0 Å². The predicted octanol–water partition coefficient (Wildman–Crippen LogP) is 2.09. The number of hydrogen-bond acceptors (Lipinski definition) is 4. The van der Waals surface area contributed by atoms with Crippen LogP contribution in [0, 0.1) is 11.6 Å². The minimum Gasteiger partial charge on any atom is -0.409 e. The van der Waals surface area contributed by atoms with Crippen molar-refractivity contribution in [2.24, 2.45) is 10.9 Å². The number of nitrogens with two attached hydrogens (primary N) is 1. The largest absolute Gasteiger partial charge is 0.409 e. The summed E-state index contributed by atoms with van der Waals surface area (Å²) in [6.45, 7) is 0.248. The van der Waals surface area contributed by atoms with Crippen LogP contribution in [-0.4, -0.2) is 23.1 Å². The van der Waals surface area contributed by atoms with Gasteiger partial charge in [0, 0.05) is 18.8 Å². The first-order valence-corrected chi connectivity index (χ1v) is 6.11. The number of nitrogens with zero attached hydrogens (tertiary/aromatic N) is 3. The van der Waals surface area contributed by atoms with Crippen LogP contribution in [-0.2, 0) is 6.54 Å². The molecule has 2 aromatic rings. The van der Waals surface area contributed by atoms with Crippen LogP contribution in [0.1, 0.15) is 11.3 Å². The Labute approximate surface area is 120 Å². The second-order valence-electron chi connectivity index (χ2n) is 4.45. The zero-order valence-electron chi connectivity index (χ0n) is 11.3. The summed E-state index contributed by atoms with van der Waals surface area (Å²) in [4.78, 5) is 5.51. The summed E-state index contributed by atoms with van der Waals surface area (Å²) in [5.41, 5.74) is 5.78. The average Bonchev–Trinajstić information content (AvgIpc) is 2.46. The van der Waals surface area contributed by atoms with Gasteiger partial charge in [0.25, 0.3) is 0 Å². The fourth-order valence-corrected chi connectivity index (χ4v) is 1.95. The second-order valence-corrected chi connectivity index (χ2v) is 4.45. The third-order valence-corrected chi connectivity index (χ3v) is 2.93. The fraction of sp³-hybridized carbons (Fsp3) is 0.143. The molecule has 0 bridgehead atoms. The van der Waals surface area contributed by atoms with Gasteiger partial charge in [-0.2, -0.15) is 0 Å². The van der Waals surface area contributed by atoms with E-state index in [1.807, 2.05) is 0 Å². The van der Waals surface area contributed by atoms with E-state index in [2.05, 4.69) is 10.1 Å². The van der Waals surface area contributed by atoms with Crippen molar-refractivity contribution in [1.82, 2.24) is 4.98 Å². The van der Waals surface area contributed by atoms with E-state index >= 15 is 0 Å². The molecule has 0 atom stereocenters. The number of benzene rings is 1. The maximum Gasteiger partial charge on any atom is 0.170 e. The molecule has 0 aliphatic heterocycles. The van der Waals surface area contributed by atoms with E-state index in [4.69, 9.17) is 10.9 Å². The molecular weight excluding hydrogens is 278 g/mol. The number of hydrogen-bond donors (Lipinski definition) is 2. The van der Waals surface area contributed by atoms with E-state index in [9.17, 15) is 8.78 Å². The number of pyridine rings is 1. The van der Waals surface area contributed by atoms with Gasteiger partial charge in [0.15, 0.2) is 5.84 Å². The van der Waals surface area contributed by atoms with E-state index in [1.165, 1.54) is 4.90 Å². The van der Waals surface area contributed by atoms with E-state index < -0.39 is 11.6 Å². The molecule has 2 rings (SSSR count). The van der Waals surface area contributed by atoms with Crippen molar-refractivity contribution in [2.75, 3.05) is 11.9 Å². The van der Waals surface area contributed by atoms with Crippen molar-refractivity contribution in [3.05, 3.63) is 59.4 Å². The molecule has 0 saturated heterocycles. The molecule has 0 fully saturated rings. The van der Waals surface area contributed by atoms with Crippen LogP contribution in [0.4, 0.5) is 14.5 Å². The average molecular weight is 292 g/mol. The minimum atomic E-state index is -0.796. The van der Waals surface area contributed by atoms with E-state index in [1.54, 1.807) is 31.4 Å². The van der Waals surface area contributed by atoms with E-state index in [0.717, 1.165) is 12.1 Å². The standard InChI is InChI=1S/C14H14F2N4O/c1-20(8-10-4-2-3-5-18-10)13-11(15)6-9(7-12(13)16)14(17)19-21/h2-7,21H,8H2,1H3,(H2,17,19). The molecule has 0 amide bonds. The van der Waals surface area contributed by atoms with E-state index in [-0.39, 0.29) is 23.6 Å². The van der Waals surface area contributed by atoms with Crippen LogP contribution < -0.4 is 10.6 Å². The lowest BCUT2D eigenvalue weighted by Crippen LogP contribution is -2.21. The van der Waals surface area contributed by atoms with Crippen LogP contribution in [0.5, 0.6) is 0 Å².